The van der Waals surface area contributed by atoms with Gasteiger partial charge in [0.15, 0.2) is 0 Å². The van der Waals surface area contributed by atoms with Crippen LogP contribution in [-0.2, 0) is 28.8 Å². The van der Waals surface area contributed by atoms with Gasteiger partial charge in [-0.05, 0) is 95.6 Å². The lowest BCUT2D eigenvalue weighted by molar-refractivity contribution is -0.117. The Morgan fingerprint density at radius 1 is 1.07 bits per heavy atom. The minimum absolute atomic E-state index is 0.295. The lowest BCUT2D eigenvalue weighted by Crippen LogP contribution is -2.29. The molecule has 2 amide bonds. The van der Waals surface area contributed by atoms with Gasteiger partial charge in [0.25, 0.3) is 0 Å². The van der Waals surface area contributed by atoms with Crippen molar-refractivity contribution in [1.82, 2.24) is 35.5 Å². The number of imidazole rings is 1. The zero-order chi connectivity index (χ0) is 31.2. The number of tetrazole rings is 1. The van der Waals surface area contributed by atoms with E-state index in [1.807, 2.05) is 18.2 Å². The molecule has 0 unspecified atom stereocenters. The average Bonchev–Trinajstić information content (AvgIpc) is 3.75. The molecule has 0 fully saturated rings. The fourth-order valence-electron chi connectivity index (χ4n) is 5.49. The highest BCUT2D eigenvalue weighted by Crippen LogP contribution is 2.29. The second-order valence-electron chi connectivity index (χ2n) is 10.8. The normalized spacial score (nSPS) is 14.8. The quantitative estimate of drug-likeness (QED) is 0.208. The number of hydrogen-bond acceptors (Lipinski definition) is 7. The maximum absolute atomic E-state index is 13.4. The van der Waals surface area contributed by atoms with Crippen LogP contribution in [0.25, 0.3) is 23.0 Å². The van der Waals surface area contributed by atoms with Gasteiger partial charge in [0.05, 0.1) is 30.7 Å². The molecule has 2 aromatic heterocycles. The van der Waals surface area contributed by atoms with E-state index in [1.54, 1.807) is 30.5 Å². The van der Waals surface area contributed by atoms with Crippen molar-refractivity contribution in [3.63, 3.8) is 0 Å². The largest absolute Gasteiger partial charge is 0.453 e. The number of anilines is 1. The first-order valence-corrected chi connectivity index (χ1v) is 15.0. The van der Waals surface area contributed by atoms with Crippen molar-refractivity contribution in [2.75, 3.05) is 12.4 Å². The van der Waals surface area contributed by atoms with E-state index in [1.165, 1.54) is 29.8 Å². The number of fused-ring (bicyclic) bond motifs is 6. The number of halogens is 1. The summed E-state index contributed by atoms with van der Waals surface area (Å²) < 4.78 is 6.28. The summed E-state index contributed by atoms with van der Waals surface area (Å²) in [6, 6.07) is 19.1. The highest BCUT2D eigenvalue weighted by atomic mass is 35.5. The van der Waals surface area contributed by atoms with Gasteiger partial charge < -0.3 is 15.0 Å². The number of aromatic amines is 1. The zero-order valence-electron chi connectivity index (χ0n) is 24.5. The monoisotopic (exact) mass is 622 g/mol. The second kappa shape index (κ2) is 13.6. The number of amides is 2. The Kier molecular flexibility index (Phi) is 8.97. The second-order valence-corrected chi connectivity index (χ2v) is 11.2. The molecule has 5 aromatic rings. The van der Waals surface area contributed by atoms with E-state index >= 15 is 0 Å². The molecule has 4 bridgehead atoms. The summed E-state index contributed by atoms with van der Waals surface area (Å²) in [6.45, 7) is 0. The van der Waals surface area contributed by atoms with Crippen molar-refractivity contribution in [2.24, 2.45) is 0 Å². The van der Waals surface area contributed by atoms with Crippen LogP contribution in [0.15, 0.2) is 79.3 Å². The number of carbonyl (C=O) groups excluding carboxylic acids is 2. The van der Waals surface area contributed by atoms with Crippen LogP contribution in [0.5, 0.6) is 0 Å². The average molecular weight is 623 g/mol. The molecular formula is C33H31ClN8O3. The van der Waals surface area contributed by atoms with E-state index in [0.29, 0.717) is 34.2 Å². The number of rotatable bonds is 5. The van der Waals surface area contributed by atoms with Crippen LogP contribution in [0, 0.1) is 0 Å². The topological polar surface area (TPSA) is 140 Å². The molecule has 11 nitrogen and oxygen atoms in total. The predicted molar refractivity (Wildman–Crippen MR) is 171 cm³/mol. The molecule has 0 saturated heterocycles. The van der Waals surface area contributed by atoms with Gasteiger partial charge in [-0.2, -0.15) is 4.68 Å². The van der Waals surface area contributed by atoms with Crippen LogP contribution < -0.4 is 10.6 Å². The van der Waals surface area contributed by atoms with Gasteiger partial charge in [0, 0.05) is 27.9 Å². The Morgan fingerprint density at radius 2 is 1.93 bits per heavy atom. The molecule has 1 atom stereocenters. The third kappa shape index (κ3) is 7.27. The molecule has 0 spiro atoms. The highest BCUT2D eigenvalue weighted by Gasteiger charge is 2.20. The maximum atomic E-state index is 13.4. The van der Waals surface area contributed by atoms with Crippen LogP contribution in [0.4, 0.5) is 10.5 Å². The van der Waals surface area contributed by atoms with Crippen molar-refractivity contribution in [3.05, 3.63) is 112 Å². The fourth-order valence-corrected chi connectivity index (χ4v) is 5.67. The first-order chi connectivity index (χ1) is 21.9. The van der Waals surface area contributed by atoms with Gasteiger partial charge in [-0.3, -0.25) is 10.1 Å². The first-order valence-electron chi connectivity index (χ1n) is 14.6. The van der Waals surface area contributed by atoms with E-state index in [0.717, 1.165) is 48.1 Å². The number of carbonyl (C=O) groups is 2. The molecule has 3 heterocycles. The Balaban J connectivity index is 1.31. The van der Waals surface area contributed by atoms with Gasteiger partial charge in [-0.1, -0.05) is 41.9 Å². The van der Waals surface area contributed by atoms with Gasteiger partial charge in [-0.15, -0.1) is 5.10 Å². The van der Waals surface area contributed by atoms with E-state index in [2.05, 4.69) is 55.4 Å². The van der Waals surface area contributed by atoms with Gasteiger partial charge >= 0.3 is 6.09 Å². The number of aromatic nitrogens is 6. The molecule has 0 saturated carbocycles. The van der Waals surface area contributed by atoms with Gasteiger partial charge in [0.1, 0.15) is 12.2 Å². The molecule has 1 aliphatic rings. The van der Waals surface area contributed by atoms with Crippen molar-refractivity contribution in [1.29, 1.82) is 0 Å². The fraction of sp³-hybridized carbons (Fsp3) is 0.212. The number of H-pyrrole nitrogens is 1. The Bertz CT molecular complexity index is 1850. The molecule has 45 heavy (non-hydrogen) atoms. The molecule has 12 heteroatoms. The number of methoxy groups -OCH3 is 1. The number of nitrogens with one attached hydrogen (secondary N) is 3. The Labute approximate surface area is 264 Å². The number of benzene rings is 3. The predicted octanol–water partition coefficient (Wildman–Crippen LogP) is 5.88. The summed E-state index contributed by atoms with van der Waals surface area (Å²) in [5.74, 6) is 0.339. The molecular weight excluding hydrogens is 592 g/mol. The lowest BCUT2D eigenvalue weighted by atomic mass is 9.96. The van der Waals surface area contributed by atoms with E-state index < -0.39 is 12.1 Å². The van der Waals surface area contributed by atoms with Crippen molar-refractivity contribution in [3.8, 4) is 16.9 Å². The van der Waals surface area contributed by atoms with E-state index in [4.69, 9.17) is 21.3 Å². The lowest BCUT2D eigenvalue weighted by Gasteiger charge is -2.17. The highest BCUT2D eigenvalue weighted by molar-refractivity contribution is 6.30. The van der Waals surface area contributed by atoms with E-state index in [-0.39, 0.29) is 5.91 Å². The summed E-state index contributed by atoms with van der Waals surface area (Å²) in [5, 5.41) is 17.8. The van der Waals surface area contributed by atoms with Crippen LogP contribution in [0.3, 0.4) is 0 Å². The molecule has 0 aliphatic carbocycles. The Hall–Kier alpha value is -5.29. The summed E-state index contributed by atoms with van der Waals surface area (Å²) >= 11 is 6.26. The number of ether oxygens (including phenoxy) is 1. The van der Waals surface area contributed by atoms with Gasteiger partial charge in [0.2, 0.25) is 5.91 Å². The standard InChI is InChI=1S/C33H31ClN8O3/c1-45-33(44)37-26-11-12-27-23(18-26)8-3-2-5-21-6-4-7-22(15-21)16-28(32-35-19-29(27)39-32)38-31(43)14-9-24-17-25(34)10-13-30(24)42-20-36-40-41-42/h4,6-7,9-15,17-20,28H,2-3,5,8,16H2,1H3,(H,35,39)(H,37,44)(H,38,43)/b14-9+/t28-/m0/s1. The summed E-state index contributed by atoms with van der Waals surface area (Å²) in [5.41, 5.74) is 7.26. The number of hydrogen-bond donors (Lipinski definition) is 3. The minimum Gasteiger partial charge on any atom is -0.453 e. The van der Waals surface area contributed by atoms with Crippen LogP contribution in [0.2, 0.25) is 5.02 Å². The van der Waals surface area contributed by atoms with Crippen LogP contribution >= 0.6 is 11.6 Å². The van der Waals surface area contributed by atoms with Crippen molar-refractivity contribution >= 4 is 35.4 Å². The van der Waals surface area contributed by atoms with Crippen LogP contribution in [0.1, 0.15) is 47.0 Å². The smallest absolute Gasteiger partial charge is 0.411 e. The molecule has 0 radical (unpaired) electrons. The molecule has 228 valence electrons. The molecule has 1 aliphatic heterocycles. The Morgan fingerprint density at radius 3 is 2.78 bits per heavy atom. The number of aryl methyl sites for hydroxylation is 2. The SMILES string of the molecule is COC(=O)Nc1ccc2c(c1)CCCCc1cccc(c1)C[C@H](NC(=O)/C=C/c1cc(Cl)ccc1-n1cnnn1)c1ncc-2[nH]1. The van der Waals surface area contributed by atoms with Crippen LogP contribution in [-0.4, -0.2) is 49.3 Å². The summed E-state index contributed by atoms with van der Waals surface area (Å²) in [7, 11) is 1.34. The third-order valence-electron chi connectivity index (χ3n) is 7.66. The molecule has 3 N–H and O–H groups in total. The first kappa shape index (κ1) is 29.8. The summed E-state index contributed by atoms with van der Waals surface area (Å²) in [6.07, 6.45) is 10.2. The summed E-state index contributed by atoms with van der Waals surface area (Å²) in [4.78, 5) is 33.4. The van der Waals surface area contributed by atoms with Crippen molar-refractivity contribution in [2.45, 2.75) is 38.1 Å². The molecule has 3 aromatic carbocycles. The zero-order valence-corrected chi connectivity index (χ0v) is 25.3. The van der Waals surface area contributed by atoms with Gasteiger partial charge in [-0.25, -0.2) is 9.78 Å². The molecule has 6 rings (SSSR count). The number of nitrogens with zero attached hydrogens (tertiary/aromatic N) is 5. The maximum Gasteiger partial charge on any atom is 0.411 e. The van der Waals surface area contributed by atoms with Crippen molar-refractivity contribution < 1.29 is 14.3 Å². The minimum atomic E-state index is -0.519. The third-order valence-corrected chi connectivity index (χ3v) is 7.90. The van der Waals surface area contributed by atoms with E-state index in [9.17, 15) is 9.59 Å².